The molecule has 0 aliphatic carbocycles. The van der Waals surface area contributed by atoms with E-state index in [1.165, 1.54) is 18.7 Å². The van der Waals surface area contributed by atoms with E-state index in [1.54, 1.807) is 6.92 Å². The summed E-state index contributed by atoms with van der Waals surface area (Å²) in [5, 5.41) is 118. The van der Waals surface area contributed by atoms with Crippen molar-refractivity contribution >= 4 is 85.9 Å². The van der Waals surface area contributed by atoms with Gasteiger partial charge in [-0.3, -0.25) is 61.8 Å². The van der Waals surface area contributed by atoms with E-state index in [0.29, 0.717) is 0 Å². The molecule has 0 aromatic rings. The molecule has 0 aromatic carbocycles. The summed E-state index contributed by atoms with van der Waals surface area (Å²) in [5.41, 5.74) is -2.58. The van der Waals surface area contributed by atoms with Gasteiger partial charge < -0.3 is 154 Å². The lowest BCUT2D eigenvalue weighted by atomic mass is 9.97. The van der Waals surface area contributed by atoms with Gasteiger partial charge in [-0.2, -0.15) is 0 Å². The Labute approximate surface area is 676 Å². The van der Waals surface area contributed by atoms with Gasteiger partial charge >= 0.3 is 7.60 Å². The molecule has 0 aromatic heterocycles. The molecule has 5 aliphatic heterocycles. The Hall–Kier alpha value is -5.50. The molecule has 9 unspecified atom stereocenters. The zero-order chi connectivity index (χ0) is 86.9. The number of hydrogen-bond donors (Lipinski definition) is 18. The van der Waals surface area contributed by atoms with Crippen molar-refractivity contribution in [3.8, 4) is 0 Å². The second kappa shape index (κ2) is 50.8. The average molecular weight is 1730 g/mol. The molecule has 672 valence electrons. The number of aliphatic hydroxyl groups excluding tert-OH is 10. The number of Topliss-reactive ketones (excluding diaryl/α,β-unsaturated/α-hetero) is 4. The van der Waals surface area contributed by atoms with Crippen LogP contribution in [-0.2, 0) is 118 Å². The molecule has 23 atom stereocenters. The molecule has 0 bridgehead atoms. The van der Waals surface area contributed by atoms with Gasteiger partial charge in [0.2, 0.25) is 48.9 Å². The largest absolute Gasteiger partial charge is 0.394 e. The van der Waals surface area contributed by atoms with Crippen LogP contribution in [0, 0.1) is 0 Å². The van der Waals surface area contributed by atoms with Crippen molar-refractivity contribution in [2.75, 3.05) is 106 Å². The van der Waals surface area contributed by atoms with Crippen LogP contribution < -0.4 is 31.9 Å². The molecule has 5 saturated heterocycles. The fourth-order valence-corrected chi connectivity index (χ4v) is 14.7. The van der Waals surface area contributed by atoms with E-state index < -0.39 is 261 Å². The van der Waals surface area contributed by atoms with E-state index in [4.69, 9.17) is 60.9 Å². The second-order valence-electron chi connectivity index (χ2n) is 29.6. The number of aliphatic hydroxyl groups is 10. The van der Waals surface area contributed by atoms with Crippen LogP contribution in [0.4, 0.5) is 0 Å². The first-order chi connectivity index (χ1) is 55.2. The zero-order valence-electron chi connectivity index (χ0n) is 66.7. The first-order valence-electron chi connectivity index (χ1n) is 38.8. The van der Waals surface area contributed by atoms with Gasteiger partial charge in [0.25, 0.3) is 0 Å². The Balaban J connectivity index is 1.26. The Morgan fingerprint density at radius 2 is 0.889 bits per heavy atom. The third kappa shape index (κ3) is 35.1. The van der Waals surface area contributed by atoms with Crippen molar-refractivity contribution in [2.45, 2.75) is 272 Å². The number of nitrogens with one attached hydrogen (secondary N) is 6. The predicted octanol–water partition coefficient (Wildman–Crippen LogP) is -6.35. The van der Waals surface area contributed by atoms with Gasteiger partial charge in [0.05, 0.1) is 116 Å². The van der Waals surface area contributed by atoms with Crippen LogP contribution in [0.15, 0.2) is 0 Å². The van der Waals surface area contributed by atoms with Crippen LogP contribution in [0.1, 0.15) is 138 Å². The average Bonchev–Trinajstić information content (AvgIpc) is 1.65. The quantitative estimate of drug-likeness (QED) is 0.0199. The summed E-state index contributed by atoms with van der Waals surface area (Å²) in [5.74, 6) is -5.96. The highest BCUT2D eigenvalue weighted by Gasteiger charge is 2.50. The van der Waals surface area contributed by atoms with E-state index in [-0.39, 0.29) is 154 Å². The van der Waals surface area contributed by atoms with Crippen LogP contribution in [0.2, 0.25) is 0 Å². The minimum Gasteiger partial charge on any atom is -0.394 e. The topological polar surface area (TPSA) is 643 Å². The summed E-state index contributed by atoms with van der Waals surface area (Å²) < 4.78 is 86.8. The van der Waals surface area contributed by atoms with E-state index >= 15 is 0 Å². The lowest BCUT2D eigenvalue weighted by Crippen LogP contribution is -2.64. The molecule has 18 N–H and O–H groups in total. The molecule has 5 aliphatic rings. The molecule has 0 radical (unpaired) electrons. The summed E-state index contributed by atoms with van der Waals surface area (Å²) in [6, 6.07) is -4.66. The SMILES string of the molecule is C=P(O)(OC[C@@H]1C[C@@H](O)CN1C(=O)CCC(=O)NC(COCCC(=O)CCCC(=O)CCO[C@@H]1OC(CO)[C@H](O)[C@H](O)C1NC(C)=O)(COCCC(=O)CCNC(=O)CCO[C@@H]1OC(CO)[C@H](O)[C@H](O)C1NC(C)=O)COCCC(=O)NCCC(=O)CCO[C@@H]1OC(CO)[C@H](O)[C@H](O)C1NC(C)=O)O[C@H]1C[C@H](C)O[C@@H]1OP(=O)(O)C(C)C. The minimum absolute atomic E-state index is 0.0468. The molecule has 5 heterocycles. The molecule has 0 spiro atoms. The molecule has 0 saturated carbocycles. The fourth-order valence-electron chi connectivity index (χ4n) is 12.9. The van der Waals surface area contributed by atoms with Gasteiger partial charge in [-0.05, 0) is 26.1 Å². The van der Waals surface area contributed by atoms with E-state index in [9.17, 15) is 118 Å². The number of rotatable bonds is 55. The van der Waals surface area contributed by atoms with Crippen LogP contribution in [-0.4, -0.2) is 376 Å². The number of ether oxygens (including phenoxy) is 10. The number of likely N-dealkylation sites (tertiary alicyclic amines) is 1. The van der Waals surface area contributed by atoms with Crippen molar-refractivity contribution in [1.29, 1.82) is 0 Å². The summed E-state index contributed by atoms with van der Waals surface area (Å²) in [6.07, 6.45) is -20.9. The molecule has 46 heteroatoms. The van der Waals surface area contributed by atoms with Crippen LogP contribution in [0.3, 0.4) is 0 Å². The van der Waals surface area contributed by atoms with E-state index in [0.717, 1.165) is 20.8 Å². The van der Waals surface area contributed by atoms with Gasteiger partial charge in [-0.1, -0.05) is 13.8 Å². The highest BCUT2D eigenvalue weighted by molar-refractivity contribution is 7.58. The maximum atomic E-state index is 14.3. The number of ketones is 4. The van der Waals surface area contributed by atoms with Gasteiger partial charge in [-0.15, -0.1) is 0 Å². The van der Waals surface area contributed by atoms with E-state index in [1.807, 2.05) is 0 Å². The van der Waals surface area contributed by atoms with Crippen molar-refractivity contribution in [3.05, 3.63) is 0 Å². The molecule has 5 rings (SSSR count). The second-order valence-corrected chi connectivity index (χ2v) is 33.7. The number of β-amino-alcohol motifs (C(OH)–C–C–N with tert-alkyl or cyclic N) is 1. The molecular formula is C71H121N7O37P2. The van der Waals surface area contributed by atoms with Crippen molar-refractivity contribution in [1.82, 2.24) is 36.8 Å². The van der Waals surface area contributed by atoms with E-state index in [2.05, 4.69) is 38.2 Å². The Morgan fingerprint density at radius 1 is 0.496 bits per heavy atom. The first-order valence-corrected chi connectivity index (χ1v) is 42.2. The summed E-state index contributed by atoms with van der Waals surface area (Å²) in [4.78, 5) is 165. The Morgan fingerprint density at radius 3 is 1.30 bits per heavy atom. The predicted molar refractivity (Wildman–Crippen MR) is 402 cm³/mol. The number of nitrogens with zero attached hydrogens (tertiary/aromatic N) is 1. The summed E-state index contributed by atoms with van der Waals surface area (Å²) in [7, 11) is -8.25. The van der Waals surface area contributed by atoms with Gasteiger partial charge in [0.1, 0.15) is 108 Å². The van der Waals surface area contributed by atoms with Gasteiger partial charge in [0.15, 0.2) is 25.2 Å². The number of carbonyl (C=O) groups is 11. The Kier molecular flexibility index (Phi) is 44.3. The van der Waals surface area contributed by atoms with Gasteiger partial charge in [0, 0.05) is 117 Å². The minimum atomic E-state index is -4.19. The van der Waals surface area contributed by atoms with Gasteiger partial charge in [-0.25, -0.2) is 0 Å². The first kappa shape index (κ1) is 102. The van der Waals surface area contributed by atoms with Crippen LogP contribution >= 0.6 is 15.2 Å². The van der Waals surface area contributed by atoms with Crippen molar-refractivity contribution in [2.24, 2.45) is 0 Å². The zero-order valence-corrected chi connectivity index (χ0v) is 68.5. The maximum Gasteiger partial charge on any atom is 0.333 e. The number of hydrogen-bond acceptors (Lipinski definition) is 36. The maximum absolute atomic E-state index is 14.3. The van der Waals surface area contributed by atoms with Crippen LogP contribution in [0.25, 0.3) is 0 Å². The third-order valence-corrected chi connectivity index (χ3v) is 22.3. The lowest BCUT2D eigenvalue weighted by molar-refractivity contribution is -0.270. The smallest absolute Gasteiger partial charge is 0.333 e. The fraction of sp³-hybridized carbons (Fsp3) is 0.831. The van der Waals surface area contributed by atoms with Crippen molar-refractivity contribution < 1.29 is 179 Å². The highest BCUT2D eigenvalue weighted by Crippen LogP contribution is 2.53. The van der Waals surface area contributed by atoms with Crippen LogP contribution in [0.5, 0.6) is 0 Å². The standard InChI is InChI=1S/C71H121N7O37P2/c1-39(2)117(101,102)115-67-50(29-40(3)110-67)114-116(7,100)109-35-44-30-49(89)31-78(44)57(93)12-11-56(92)77-71(36-103-23-15-45(85)9-8-10-46(86)17-26-106-68-58(74-41(4)82)64(97)61(94)51(32-79)111-68,37-104-24-16-47(87)13-21-73-55(91)20-28-108-70-60(76-43(6)84)66(99)63(96)53(34-81)113-70)38-105-25-19-54(90)72-22-14-48(88)18-27-107-69-59(75-42(5)83)65(98)62(95)52(33-80)112-69/h39-40,44,49-53,58-70,79-81,89,94-100H,7-38H2,1-6H3,(H,72,90)(H,73,91)(H,74,82)(H,75,83)(H,76,84)(H,77,92)(H,101,102)/t40-,44-,49+,50-,51?,52?,53?,58?,59?,60?,61-,62-,63-,64+,65+,66+,67+,68+,69+,70+,71?,116?/m0/s1. The molecule has 117 heavy (non-hydrogen) atoms. The highest BCUT2D eigenvalue weighted by atomic mass is 31.2. The molecule has 5 fully saturated rings. The third-order valence-electron chi connectivity index (χ3n) is 19.3. The summed E-state index contributed by atoms with van der Waals surface area (Å²) >= 11 is 0. The molecular weight excluding hydrogens is 1600 g/mol. The summed E-state index contributed by atoms with van der Waals surface area (Å²) in [6.45, 7) is 1.57. The molecule has 44 nitrogen and oxygen atoms in total. The monoisotopic (exact) mass is 1730 g/mol. The Bertz CT molecular complexity index is 3070. The van der Waals surface area contributed by atoms with Crippen molar-refractivity contribution in [3.63, 3.8) is 0 Å². The molecule has 7 amide bonds. The lowest BCUT2D eigenvalue weighted by Gasteiger charge is -2.42. The number of carbonyl (C=O) groups excluding carboxylic acids is 11. The number of amides is 7. The normalized spacial score (nSPS) is 29.5.